The summed E-state index contributed by atoms with van der Waals surface area (Å²) in [6, 6.07) is 3.26. The minimum Gasteiger partial charge on any atom is -0.481 e. The van der Waals surface area contributed by atoms with E-state index in [4.69, 9.17) is 5.11 Å². The van der Waals surface area contributed by atoms with Gasteiger partial charge in [-0.2, -0.15) is 0 Å². The van der Waals surface area contributed by atoms with Crippen molar-refractivity contribution in [1.82, 2.24) is 4.90 Å². The second kappa shape index (κ2) is 6.42. The fourth-order valence-electron chi connectivity index (χ4n) is 2.67. The Labute approximate surface area is 127 Å². The highest BCUT2D eigenvalue weighted by Crippen LogP contribution is 2.49. The van der Waals surface area contributed by atoms with Gasteiger partial charge in [-0.25, -0.2) is 8.78 Å². The molecular formula is C16H19F2NO3. The van der Waals surface area contributed by atoms with Gasteiger partial charge in [0, 0.05) is 24.6 Å². The Bertz CT molecular complexity index is 589. The average molecular weight is 311 g/mol. The summed E-state index contributed by atoms with van der Waals surface area (Å²) in [7, 11) is 0. The van der Waals surface area contributed by atoms with E-state index in [0.29, 0.717) is 12.0 Å². The maximum Gasteiger partial charge on any atom is 0.305 e. The van der Waals surface area contributed by atoms with Gasteiger partial charge in [0.1, 0.15) is 11.6 Å². The third kappa shape index (κ3) is 3.61. The summed E-state index contributed by atoms with van der Waals surface area (Å²) in [6.45, 7) is 3.77. The molecule has 1 aromatic carbocycles. The van der Waals surface area contributed by atoms with Crippen LogP contribution < -0.4 is 0 Å². The fraction of sp³-hybridized carbons (Fsp3) is 0.500. The zero-order chi connectivity index (χ0) is 16.4. The van der Waals surface area contributed by atoms with Crippen molar-refractivity contribution in [2.45, 2.75) is 38.6 Å². The predicted octanol–water partition coefficient (Wildman–Crippen LogP) is 2.78. The summed E-state index contributed by atoms with van der Waals surface area (Å²) in [5.74, 6) is -3.01. The Kier molecular flexibility index (Phi) is 4.78. The lowest BCUT2D eigenvalue weighted by Gasteiger charge is -2.26. The molecule has 0 saturated heterocycles. The van der Waals surface area contributed by atoms with E-state index < -0.39 is 17.6 Å². The van der Waals surface area contributed by atoms with Crippen LogP contribution in [-0.4, -0.2) is 34.5 Å². The van der Waals surface area contributed by atoms with E-state index in [1.54, 1.807) is 0 Å². The van der Waals surface area contributed by atoms with E-state index in [0.717, 1.165) is 6.07 Å². The third-order valence-corrected chi connectivity index (χ3v) is 3.94. The lowest BCUT2D eigenvalue weighted by molar-refractivity contribution is -0.139. The molecule has 1 saturated carbocycles. The van der Waals surface area contributed by atoms with Gasteiger partial charge in [0.05, 0.1) is 6.42 Å². The number of hydrogen-bond acceptors (Lipinski definition) is 2. The lowest BCUT2D eigenvalue weighted by atomic mass is 10.1. The van der Waals surface area contributed by atoms with Gasteiger partial charge in [-0.15, -0.1) is 0 Å². The highest BCUT2D eigenvalue weighted by atomic mass is 19.1. The van der Waals surface area contributed by atoms with Crippen LogP contribution in [0.15, 0.2) is 18.2 Å². The second-order valence-corrected chi connectivity index (χ2v) is 5.88. The molecule has 6 heteroatoms. The fourth-order valence-corrected chi connectivity index (χ4v) is 2.67. The van der Waals surface area contributed by atoms with Crippen molar-refractivity contribution in [3.8, 4) is 0 Å². The Morgan fingerprint density at radius 3 is 2.59 bits per heavy atom. The highest BCUT2D eigenvalue weighted by Gasteiger charge is 2.47. The van der Waals surface area contributed by atoms with Crippen LogP contribution in [0.4, 0.5) is 8.78 Å². The van der Waals surface area contributed by atoms with Crippen LogP contribution in [0, 0.1) is 17.6 Å². The molecule has 2 atom stereocenters. The van der Waals surface area contributed by atoms with E-state index >= 15 is 0 Å². The van der Waals surface area contributed by atoms with Crippen molar-refractivity contribution in [3.63, 3.8) is 0 Å². The summed E-state index contributed by atoms with van der Waals surface area (Å²) < 4.78 is 26.7. The Hall–Kier alpha value is -1.98. The molecule has 2 unspecified atom stereocenters. The molecule has 0 radical (unpaired) electrons. The highest BCUT2D eigenvalue weighted by molar-refractivity contribution is 5.83. The van der Waals surface area contributed by atoms with Crippen LogP contribution in [-0.2, 0) is 9.59 Å². The molecule has 120 valence electrons. The van der Waals surface area contributed by atoms with Gasteiger partial charge in [-0.05, 0) is 37.8 Å². The average Bonchev–Trinajstić information content (AvgIpc) is 3.18. The molecule has 22 heavy (non-hydrogen) atoms. The molecule has 1 aliphatic carbocycles. The minimum absolute atomic E-state index is 0.119. The largest absolute Gasteiger partial charge is 0.481 e. The number of carbonyl (C=O) groups excluding carboxylic acids is 1. The molecule has 1 aromatic rings. The topological polar surface area (TPSA) is 57.6 Å². The van der Waals surface area contributed by atoms with E-state index in [2.05, 4.69) is 0 Å². The van der Waals surface area contributed by atoms with Crippen LogP contribution in [0.25, 0.3) is 0 Å². The summed E-state index contributed by atoms with van der Waals surface area (Å²) >= 11 is 0. The van der Waals surface area contributed by atoms with Crippen LogP contribution in [0.3, 0.4) is 0 Å². The van der Waals surface area contributed by atoms with Gasteiger partial charge in [-0.3, -0.25) is 9.59 Å². The molecule has 0 aromatic heterocycles. The van der Waals surface area contributed by atoms with Crippen molar-refractivity contribution in [2.75, 3.05) is 6.54 Å². The van der Waals surface area contributed by atoms with E-state index in [-0.39, 0.29) is 36.8 Å². The maximum atomic E-state index is 13.7. The van der Waals surface area contributed by atoms with Crippen LogP contribution >= 0.6 is 0 Å². The summed E-state index contributed by atoms with van der Waals surface area (Å²) in [4.78, 5) is 24.6. The molecule has 1 N–H and O–H groups in total. The van der Waals surface area contributed by atoms with Gasteiger partial charge in [-0.1, -0.05) is 6.07 Å². The number of nitrogens with zero attached hydrogens (tertiary/aromatic N) is 1. The van der Waals surface area contributed by atoms with Gasteiger partial charge >= 0.3 is 5.97 Å². The first-order chi connectivity index (χ1) is 10.3. The molecule has 1 amide bonds. The Balaban J connectivity index is 2.05. The van der Waals surface area contributed by atoms with E-state index in [1.165, 1.54) is 17.0 Å². The van der Waals surface area contributed by atoms with Gasteiger partial charge in [0.15, 0.2) is 0 Å². The monoisotopic (exact) mass is 311 g/mol. The molecular weight excluding hydrogens is 292 g/mol. The van der Waals surface area contributed by atoms with Crippen LogP contribution in [0.2, 0.25) is 0 Å². The summed E-state index contributed by atoms with van der Waals surface area (Å²) in [5.41, 5.74) is 0.349. The number of rotatable bonds is 6. The molecule has 0 heterocycles. The van der Waals surface area contributed by atoms with Gasteiger partial charge in [0.25, 0.3) is 0 Å². The molecule has 1 aliphatic rings. The van der Waals surface area contributed by atoms with E-state index in [1.807, 2.05) is 13.8 Å². The van der Waals surface area contributed by atoms with Gasteiger partial charge in [0.2, 0.25) is 5.91 Å². The van der Waals surface area contributed by atoms with Crippen LogP contribution in [0.5, 0.6) is 0 Å². The lowest BCUT2D eigenvalue weighted by Crippen LogP contribution is -2.39. The first-order valence-electron chi connectivity index (χ1n) is 7.28. The number of carboxylic acid groups (broad SMARTS) is 1. The molecule has 0 bridgehead atoms. The zero-order valence-electron chi connectivity index (χ0n) is 12.6. The number of aliphatic carboxylic acids is 1. The quantitative estimate of drug-likeness (QED) is 0.879. The zero-order valence-corrected chi connectivity index (χ0v) is 12.6. The molecule has 1 fully saturated rings. The number of carbonyl (C=O) groups is 2. The Morgan fingerprint density at radius 2 is 2.05 bits per heavy atom. The molecule has 4 nitrogen and oxygen atoms in total. The Morgan fingerprint density at radius 1 is 1.36 bits per heavy atom. The van der Waals surface area contributed by atoms with Crippen molar-refractivity contribution in [2.24, 2.45) is 5.92 Å². The number of halogens is 2. The first-order valence-corrected chi connectivity index (χ1v) is 7.28. The molecule has 0 aliphatic heterocycles. The predicted molar refractivity (Wildman–Crippen MR) is 76.3 cm³/mol. The standard InChI is InChI=1S/C16H19F2NO3/c1-9(2)19(6-5-15(20)21)16(22)13-8-12(13)11-4-3-10(17)7-14(11)18/h3-4,7,9,12-13H,5-6,8H2,1-2H3,(H,20,21). The van der Waals surface area contributed by atoms with Crippen molar-refractivity contribution in [1.29, 1.82) is 0 Å². The molecule has 0 spiro atoms. The van der Waals surface area contributed by atoms with Crippen LogP contribution in [0.1, 0.15) is 38.2 Å². The number of benzene rings is 1. The number of hydrogen-bond donors (Lipinski definition) is 1. The molecule has 2 rings (SSSR count). The minimum atomic E-state index is -0.963. The normalized spacial score (nSPS) is 20.0. The second-order valence-electron chi connectivity index (χ2n) is 5.88. The first kappa shape index (κ1) is 16.4. The van der Waals surface area contributed by atoms with Gasteiger partial charge < -0.3 is 10.0 Å². The number of amides is 1. The third-order valence-electron chi connectivity index (χ3n) is 3.94. The van der Waals surface area contributed by atoms with E-state index in [9.17, 15) is 18.4 Å². The van der Waals surface area contributed by atoms with Crippen molar-refractivity contribution >= 4 is 11.9 Å². The van der Waals surface area contributed by atoms with Crippen molar-refractivity contribution in [3.05, 3.63) is 35.4 Å². The summed E-state index contributed by atoms with van der Waals surface area (Å²) in [5, 5.41) is 8.75. The summed E-state index contributed by atoms with van der Waals surface area (Å²) in [6.07, 6.45) is 0.393. The smallest absolute Gasteiger partial charge is 0.305 e. The number of carboxylic acids is 1. The van der Waals surface area contributed by atoms with Crippen molar-refractivity contribution < 1.29 is 23.5 Å². The SMILES string of the molecule is CC(C)N(CCC(=O)O)C(=O)C1CC1c1ccc(F)cc1F. The maximum absolute atomic E-state index is 13.7.